The molecule has 0 saturated carbocycles. The van der Waals surface area contributed by atoms with Gasteiger partial charge < -0.3 is 70.4 Å². The van der Waals surface area contributed by atoms with E-state index in [1.165, 1.54) is 89.8 Å². The maximum absolute atomic E-state index is 15.3. The number of hydrogen-bond donors (Lipinski definition) is 5. The minimum Gasteiger partial charge on any atom is -0.468 e. The molecule has 0 aliphatic rings. The molecule has 560 valence electrons. The Labute approximate surface area is 595 Å². The molecule has 1 aromatic rings. The molecule has 0 aliphatic heterocycles. The monoisotopic (exact) mass is 1410 g/mol. The molecule has 0 radical (unpaired) electrons. The fourth-order valence-electron chi connectivity index (χ4n) is 11.7. The molecule has 0 aromatic heterocycles. The lowest BCUT2D eigenvalue weighted by Gasteiger charge is -2.42. The van der Waals surface area contributed by atoms with Crippen LogP contribution in [0.3, 0.4) is 0 Å². The molecule has 26 nitrogen and oxygen atoms in total. The van der Waals surface area contributed by atoms with Crippen LogP contribution in [0.25, 0.3) is 0 Å². The average Bonchev–Trinajstić information content (AvgIpc) is 0.797. The van der Waals surface area contributed by atoms with E-state index in [9.17, 15) is 43.2 Å². The first-order chi connectivity index (χ1) is 45.9. The molecule has 0 unspecified atom stereocenters. The van der Waals surface area contributed by atoms with Crippen LogP contribution in [0.5, 0.6) is 0 Å². The van der Waals surface area contributed by atoms with Crippen molar-refractivity contribution in [3.05, 3.63) is 42.5 Å². The van der Waals surface area contributed by atoms with Crippen molar-refractivity contribution in [3.8, 4) is 0 Å². The average molecular weight is 1410 g/mol. The highest BCUT2D eigenvalue weighted by Gasteiger charge is 2.47. The molecular weight excluding hydrogens is 1290 g/mol. The minimum atomic E-state index is -1.57. The van der Waals surface area contributed by atoms with E-state index in [4.69, 9.17) is 21.7 Å². The Bertz CT molecular complexity index is 2910. The third-order valence-corrected chi connectivity index (χ3v) is 17.9. The van der Waals surface area contributed by atoms with Crippen molar-refractivity contribution >= 4 is 94.0 Å². The second-order valence-electron chi connectivity index (χ2n) is 28.7. The van der Waals surface area contributed by atoms with Gasteiger partial charge in [-0.25, -0.2) is 0 Å². The zero-order valence-corrected chi connectivity index (χ0v) is 65.0. The number of hydrogen-bond acceptors (Lipinski definition) is 15. The number of benzene rings is 1. The van der Waals surface area contributed by atoms with Crippen molar-refractivity contribution in [1.82, 2.24) is 55.6 Å². The maximum Gasteiger partial charge on any atom is 0.325 e. The predicted octanol–water partition coefficient (Wildman–Crippen LogP) is 5.87. The number of esters is 2. The molecule has 0 aliphatic carbocycles. The van der Waals surface area contributed by atoms with Gasteiger partial charge in [0.05, 0.1) is 7.11 Å². The number of ether oxygens (including phenoxy) is 2. The van der Waals surface area contributed by atoms with Crippen molar-refractivity contribution in [2.45, 2.75) is 230 Å². The van der Waals surface area contributed by atoms with Gasteiger partial charge in [0.1, 0.15) is 73.1 Å². The van der Waals surface area contributed by atoms with E-state index in [0.717, 1.165) is 15.5 Å². The summed E-state index contributed by atoms with van der Waals surface area (Å²) in [6.07, 6.45) is 3.54. The summed E-state index contributed by atoms with van der Waals surface area (Å²) < 4.78 is 10.6. The Balaban J connectivity index is 3.66. The van der Waals surface area contributed by atoms with Gasteiger partial charge in [-0.2, -0.15) is 0 Å². The summed E-state index contributed by atoms with van der Waals surface area (Å²) in [6, 6.07) is -2.54. The Morgan fingerprint density at radius 3 is 1.39 bits per heavy atom. The number of carbonyl (C=O) groups is 12. The number of methoxy groups -OCH3 is 1. The number of thiocarbonyl (C=S) groups is 1. The van der Waals surface area contributed by atoms with Crippen LogP contribution in [-0.4, -0.2) is 240 Å². The largest absolute Gasteiger partial charge is 0.468 e. The van der Waals surface area contributed by atoms with E-state index in [1.54, 1.807) is 66.5 Å². The number of nitrogens with zero attached hydrogens (tertiary/aromatic N) is 7. The molecular formula is C72H122N12O14S. The molecule has 0 bridgehead atoms. The summed E-state index contributed by atoms with van der Waals surface area (Å²) in [5.41, 5.74) is 0.743. The molecule has 10 amide bonds. The van der Waals surface area contributed by atoms with Gasteiger partial charge in [0.2, 0.25) is 59.1 Å². The lowest BCUT2D eigenvalue weighted by atomic mass is 9.91. The van der Waals surface area contributed by atoms with Gasteiger partial charge >= 0.3 is 11.9 Å². The van der Waals surface area contributed by atoms with E-state index < -0.39 is 162 Å². The summed E-state index contributed by atoms with van der Waals surface area (Å²) in [7, 11) is 11.4. The number of anilines is 1. The van der Waals surface area contributed by atoms with E-state index in [-0.39, 0.29) is 49.4 Å². The van der Waals surface area contributed by atoms with E-state index in [0.29, 0.717) is 18.0 Å². The summed E-state index contributed by atoms with van der Waals surface area (Å²) in [5, 5.41) is 14.6. The van der Waals surface area contributed by atoms with Crippen molar-refractivity contribution in [1.29, 1.82) is 0 Å². The fourth-order valence-corrected chi connectivity index (χ4v) is 11.9. The van der Waals surface area contributed by atoms with Crippen LogP contribution < -0.4 is 26.6 Å². The highest BCUT2D eigenvalue weighted by atomic mass is 32.1. The number of carbonyl (C=O) groups excluding carboxylic acids is 12. The quantitative estimate of drug-likeness (QED) is 0.0292. The summed E-state index contributed by atoms with van der Waals surface area (Å²) >= 11 is 5.72. The van der Waals surface area contributed by atoms with Crippen molar-refractivity contribution in [3.63, 3.8) is 0 Å². The molecule has 0 saturated heterocycles. The number of nitrogens with one attached hydrogen (secondary N) is 5. The van der Waals surface area contributed by atoms with Crippen LogP contribution in [0.1, 0.15) is 163 Å². The molecule has 0 fully saturated rings. The van der Waals surface area contributed by atoms with Crippen molar-refractivity contribution < 1.29 is 67.0 Å². The Kier molecular flexibility index (Phi) is 38.3. The summed E-state index contributed by atoms with van der Waals surface area (Å²) in [5.74, 6) is -9.92. The topological polar surface area (TPSA) is 306 Å². The van der Waals surface area contributed by atoms with Gasteiger partial charge in [-0.05, 0) is 125 Å². The SMILES string of the molecule is C/C=C/C[C@@H](C)[C@@H](OC(C)=O)[C@@H](C(=O)N[C@@H](CC)C(=O)N(C)CC(=O)OC)N(C)C(=O)[C@H](C(C)C)N(C)C(=O)[C@H](CC(C)C)N(C)C(=O)[C@H](CC(C)C)N(C)C(=O)[C@@H](C)NC(=O)[C@H](C)NC(=O)[C@H](CC(C)C)N(C)C(=O)[C@@H](NC(=O)[C@H](CC(C)C)N(C)C(=S)Nc1ccccc1)C(C)C. The molecule has 99 heavy (non-hydrogen) atoms. The molecule has 5 N–H and O–H groups in total. The van der Waals surface area contributed by atoms with Gasteiger partial charge in [0.25, 0.3) is 0 Å². The van der Waals surface area contributed by atoms with Gasteiger partial charge in [-0.15, -0.1) is 0 Å². The second kappa shape index (κ2) is 42.4. The van der Waals surface area contributed by atoms with Gasteiger partial charge in [-0.1, -0.05) is 127 Å². The molecule has 1 rings (SSSR count). The molecule has 27 heteroatoms. The number of amides is 10. The molecule has 0 spiro atoms. The minimum absolute atomic E-state index is 0.0701. The van der Waals surface area contributed by atoms with Crippen LogP contribution in [-0.2, 0) is 67.0 Å². The van der Waals surface area contributed by atoms with Crippen molar-refractivity contribution in [2.24, 2.45) is 41.4 Å². The van der Waals surface area contributed by atoms with Gasteiger partial charge in [0, 0.05) is 61.9 Å². The Hall–Kier alpha value is -7.71. The van der Waals surface area contributed by atoms with Crippen LogP contribution in [0.4, 0.5) is 5.69 Å². The normalized spacial score (nSPS) is 15.2. The first-order valence-corrected chi connectivity index (χ1v) is 35.1. The Morgan fingerprint density at radius 1 is 0.495 bits per heavy atom. The molecule has 0 heterocycles. The summed E-state index contributed by atoms with van der Waals surface area (Å²) in [6.45, 7) is 31.0. The predicted molar refractivity (Wildman–Crippen MR) is 388 cm³/mol. The third kappa shape index (κ3) is 27.4. The fraction of sp³-hybridized carbons (Fsp3) is 0.708. The number of allylic oxidation sites excluding steroid dienone is 2. The van der Waals surface area contributed by atoms with E-state index in [1.807, 2.05) is 91.8 Å². The third-order valence-electron chi connectivity index (χ3n) is 17.5. The van der Waals surface area contributed by atoms with Gasteiger partial charge in [-0.3, -0.25) is 57.5 Å². The lowest BCUT2D eigenvalue weighted by Crippen LogP contribution is -2.64. The first kappa shape index (κ1) is 89.3. The van der Waals surface area contributed by atoms with Crippen molar-refractivity contribution in [2.75, 3.05) is 68.3 Å². The van der Waals surface area contributed by atoms with Gasteiger partial charge in [0.15, 0.2) is 5.11 Å². The smallest absolute Gasteiger partial charge is 0.325 e. The van der Waals surface area contributed by atoms with Crippen LogP contribution >= 0.6 is 12.2 Å². The Morgan fingerprint density at radius 2 is 0.939 bits per heavy atom. The molecule has 12 atom stereocenters. The van der Waals surface area contributed by atoms with E-state index >= 15 is 14.4 Å². The number of rotatable bonds is 39. The van der Waals surface area contributed by atoms with Crippen LogP contribution in [0.2, 0.25) is 0 Å². The second-order valence-corrected chi connectivity index (χ2v) is 29.0. The van der Waals surface area contributed by atoms with Crippen LogP contribution in [0, 0.1) is 41.4 Å². The number of likely N-dealkylation sites (N-methyl/N-ethyl adjacent to an activating group) is 7. The standard InChI is InChI=1S/C72H122N12O14S/c1-27-29-33-47(15)61(98-50(18)85)60(65(90)76-52(28-2)67(92)78(19)40-57(86)97-26)84(25)71(96)59(46(13)14)83(24)69(94)56(39-44(9)10)81(22)68(93)55(38-43(7)8)80(21)66(91)49(17)74-62(87)48(16)73-63(88)53(36-41(3)4)79(20)70(95)58(45(11)12)77-64(89)54(37-42(5)6)82(23)72(99)75-51-34-31-30-32-35-51/h27,29-32,34-35,41-49,52-56,58-61H,28,33,36-40H2,1-26H3,(H,73,88)(H,74,87)(H,75,99)(H,76,90)(H,77,89)/b29-27+/t47-,48+,49-,52+,53+,54+,55+,56+,58+,59+,60+,61-/m1/s1. The van der Waals surface area contributed by atoms with E-state index in [2.05, 4.69) is 26.6 Å². The zero-order chi connectivity index (χ0) is 76.4. The summed E-state index contributed by atoms with van der Waals surface area (Å²) in [4.78, 5) is 180. The van der Waals surface area contributed by atoms with Crippen LogP contribution in [0.15, 0.2) is 42.5 Å². The zero-order valence-electron chi connectivity index (χ0n) is 64.1. The maximum atomic E-state index is 15.3. The lowest BCUT2D eigenvalue weighted by molar-refractivity contribution is -0.164. The first-order valence-electron chi connectivity index (χ1n) is 34.7. The number of para-hydroxylation sites is 1. The molecule has 1 aromatic carbocycles. The highest BCUT2D eigenvalue weighted by molar-refractivity contribution is 7.80. The highest BCUT2D eigenvalue weighted by Crippen LogP contribution is 2.27.